The summed E-state index contributed by atoms with van der Waals surface area (Å²) in [6.07, 6.45) is 4.69. The van der Waals surface area contributed by atoms with E-state index in [4.69, 9.17) is 0 Å². The van der Waals surface area contributed by atoms with Gasteiger partial charge in [-0.3, -0.25) is 14.6 Å². The first-order valence-corrected chi connectivity index (χ1v) is 9.05. The third-order valence-corrected chi connectivity index (χ3v) is 4.83. The predicted molar refractivity (Wildman–Crippen MR) is 98.1 cm³/mol. The molecule has 27 heavy (non-hydrogen) atoms. The Morgan fingerprint density at radius 2 is 2.00 bits per heavy atom. The van der Waals surface area contributed by atoms with Crippen molar-refractivity contribution in [1.29, 1.82) is 0 Å². The quantitative estimate of drug-likeness (QED) is 0.829. The van der Waals surface area contributed by atoms with E-state index < -0.39 is 0 Å². The van der Waals surface area contributed by atoms with Crippen LogP contribution in [0.2, 0.25) is 0 Å². The maximum atomic E-state index is 13.2. The first kappa shape index (κ1) is 18.9. The van der Waals surface area contributed by atoms with Crippen LogP contribution in [0.25, 0.3) is 0 Å². The highest BCUT2D eigenvalue weighted by Crippen LogP contribution is 2.22. The number of rotatable bonds is 4. The van der Waals surface area contributed by atoms with Crippen LogP contribution in [-0.2, 0) is 11.3 Å². The van der Waals surface area contributed by atoms with Gasteiger partial charge in [-0.2, -0.15) is 0 Å². The fraction of sp³-hybridized carbons (Fsp3) is 0.400. The molecular weight excluding hydrogens is 347 g/mol. The number of carbonyl (C=O) groups is 2. The second-order valence-electron chi connectivity index (χ2n) is 7.05. The smallest absolute Gasteiger partial charge is 0.274 e. The average molecular weight is 370 g/mol. The Morgan fingerprint density at radius 3 is 2.63 bits per heavy atom. The summed E-state index contributed by atoms with van der Waals surface area (Å²) in [5.74, 6) is -0.371. The van der Waals surface area contributed by atoms with Gasteiger partial charge in [-0.05, 0) is 23.6 Å². The molecule has 142 valence electrons. The zero-order chi connectivity index (χ0) is 19.4. The molecule has 1 aliphatic rings. The Kier molecular flexibility index (Phi) is 5.78. The second-order valence-corrected chi connectivity index (χ2v) is 7.05. The van der Waals surface area contributed by atoms with Crippen molar-refractivity contribution in [3.05, 3.63) is 59.9 Å². The van der Waals surface area contributed by atoms with Crippen molar-refractivity contribution in [3.8, 4) is 0 Å². The minimum Gasteiger partial charge on any atom is -0.335 e. The molecule has 0 aliphatic carbocycles. The number of hydrogen-bond donors (Lipinski definition) is 0. The van der Waals surface area contributed by atoms with Crippen LogP contribution in [-0.4, -0.2) is 50.7 Å². The molecule has 2 heterocycles. The molecule has 1 atom stereocenters. The molecule has 2 aromatic rings. The van der Waals surface area contributed by atoms with Crippen molar-refractivity contribution in [2.24, 2.45) is 5.92 Å². The van der Waals surface area contributed by atoms with Crippen LogP contribution in [0.5, 0.6) is 0 Å². The predicted octanol–water partition coefficient (Wildman–Crippen LogP) is 2.52. The lowest BCUT2D eigenvalue weighted by Crippen LogP contribution is -2.47. The summed E-state index contributed by atoms with van der Waals surface area (Å²) in [6.45, 7) is 5.24. The van der Waals surface area contributed by atoms with Crippen LogP contribution in [0.15, 0.2) is 42.9 Å². The third-order valence-electron chi connectivity index (χ3n) is 4.83. The molecule has 1 aromatic carbocycles. The molecule has 1 saturated heterocycles. The highest BCUT2D eigenvalue weighted by Gasteiger charge is 2.34. The van der Waals surface area contributed by atoms with E-state index in [0.29, 0.717) is 19.6 Å². The lowest BCUT2D eigenvalue weighted by Gasteiger charge is -2.34. The normalized spacial score (nSPS) is 17.9. The van der Waals surface area contributed by atoms with Crippen LogP contribution in [0, 0.1) is 11.7 Å². The van der Waals surface area contributed by atoms with E-state index in [0.717, 1.165) is 5.56 Å². The van der Waals surface area contributed by atoms with Crippen LogP contribution < -0.4 is 0 Å². The van der Waals surface area contributed by atoms with Gasteiger partial charge in [-0.1, -0.05) is 26.0 Å². The largest absolute Gasteiger partial charge is 0.335 e. The van der Waals surface area contributed by atoms with Gasteiger partial charge in [0, 0.05) is 38.4 Å². The van der Waals surface area contributed by atoms with Gasteiger partial charge in [0.05, 0.1) is 12.2 Å². The summed E-state index contributed by atoms with van der Waals surface area (Å²) >= 11 is 0. The summed E-state index contributed by atoms with van der Waals surface area (Å²) in [5, 5.41) is 0. The van der Waals surface area contributed by atoms with E-state index in [1.165, 1.54) is 30.7 Å². The Hall–Kier alpha value is -2.83. The third kappa shape index (κ3) is 4.48. The van der Waals surface area contributed by atoms with Gasteiger partial charge < -0.3 is 9.80 Å². The monoisotopic (exact) mass is 370 g/mol. The fourth-order valence-electron chi connectivity index (χ4n) is 3.29. The first-order valence-electron chi connectivity index (χ1n) is 9.05. The molecule has 1 fully saturated rings. The van der Waals surface area contributed by atoms with E-state index in [-0.39, 0.29) is 41.7 Å². The Balaban J connectivity index is 1.82. The zero-order valence-corrected chi connectivity index (χ0v) is 15.5. The van der Waals surface area contributed by atoms with Gasteiger partial charge in [-0.15, -0.1) is 0 Å². The van der Waals surface area contributed by atoms with Crippen molar-refractivity contribution < 1.29 is 14.0 Å². The van der Waals surface area contributed by atoms with Gasteiger partial charge in [-0.25, -0.2) is 9.37 Å². The molecule has 1 aromatic heterocycles. The number of amides is 2. The molecule has 1 aliphatic heterocycles. The van der Waals surface area contributed by atoms with Crippen molar-refractivity contribution in [2.75, 3.05) is 13.1 Å². The lowest BCUT2D eigenvalue weighted by atomic mass is 10.0. The molecule has 3 rings (SSSR count). The van der Waals surface area contributed by atoms with E-state index in [9.17, 15) is 14.0 Å². The van der Waals surface area contributed by atoms with Crippen LogP contribution in [0.1, 0.15) is 36.3 Å². The molecule has 2 amide bonds. The van der Waals surface area contributed by atoms with Gasteiger partial charge in [0.15, 0.2) is 0 Å². The highest BCUT2D eigenvalue weighted by atomic mass is 19.1. The minimum absolute atomic E-state index is 0.00697. The zero-order valence-electron chi connectivity index (χ0n) is 15.5. The van der Waals surface area contributed by atoms with Crippen LogP contribution >= 0.6 is 0 Å². The fourth-order valence-corrected chi connectivity index (χ4v) is 3.29. The van der Waals surface area contributed by atoms with Crippen molar-refractivity contribution >= 4 is 11.8 Å². The molecule has 0 unspecified atom stereocenters. The Labute approximate surface area is 158 Å². The van der Waals surface area contributed by atoms with E-state index >= 15 is 0 Å². The van der Waals surface area contributed by atoms with Crippen molar-refractivity contribution in [1.82, 2.24) is 19.8 Å². The first-order chi connectivity index (χ1) is 13.0. The SMILES string of the molecule is CC(C)[C@H]1CN(C(=O)c2cnccn2)CCC(=O)N1Cc1ccc(F)cc1. The number of hydrogen-bond acceptors (Lipinski definition) is 4. The van der Waals surface area contributed by atoms with Crippen molar-refractivity contribution in [2.45, 2.75) is 32.9 Å². The summed E-state index contributed by atoms with van der Waals surface area (Å²) < 4.78 is 13.2. The summed E-state index contributed by atoms with van der Waals surface area (Å²) in [4.78, 5) is 37.1. The van der Waals surface area contributed by atoms with Crippen molar-refractivity contribution in [3.63, 3.8) is 0 Å². The molecule has 0 saturated carbocycles. The molecule has 7 heteroatoms. The van der Waals surface area contributed by atoms with Gasteiger partial charge in [0.1, 0.15) is 11.5 Å². The van der Waals surface area contributed by atoms with Gasteiger partial charge in [0.25, 0.3) is 5.91 Å². The maximum absolute atomic E-state index is 13.2. The van der Waals surface area contributed by atoms with E-state index in [1.54, 1.807) is 17.0 Å². The number of benzene rings is 1. The van der Waals surface area contributed by atoms with Crippen LogP contribution in [0.4, 0.5) is 4.39 Å². The molecule has 6 nitrogen and oxygen atoms in total. The molecule has 0 bridgehead atoms. The van der Waals surface area contributed by atoms with Crippen LogP contribution in [0.3, 0.4) is 0 Å². The summed E-state index contributed by atoms with van der Waals surface area (Å²) in [7, 11) is 0. The van der Waals surface area contributed by atoms with Gasteiger partial charge >= 0.3 is 0 Å². The topological polar surface area (TPSA) is 66.4 Å². The number of halogens is 1. The molecule has 0 N–H and O–H groups in total. The Morgan fingerprint density at radius 1 is 1.26 bits per heavy atom. The van der Waals surface area contributed by atoms with E-state index in [1.807, 2.05) is 18.7 Å². The molecule has 0 spiro atoms. The molecule has 0 radical (unpaired) electrons. The maximum Gasteiger partial charge on any atom is 0.274 e. The number of nitrogens with zero attached hydrogens (tertiary/aromatic N) is 4. The van der Waals surface area contributed by atoms with Gasteiger partial charge in [0.2, 0.25) is 5.91 Å². The standard InChI is InChI=1S/C20H23FN4O2/c1-14(2)18-13-24(20(27)17-11-22-8-9-23-17)10-7-19(26)25(18)12-15-3-5-16(21)6-4-15/h3-6,8-9,11,14,18H,7,10,12-13H2,1-2H3/t18-/m1/s1. The summed E-state index contributed by atoms with van der Waals surface area (Å²) in [5.41, 5.74) is 1.14. The average Bonchev–Trinajstić information content (AvgIpc) is 2.83. The van der Waals surface area contributed by atoms with E-state index in [2.05, 4.69) is 9.97 Å². The molecular formula is C20H23FN4O2. The second kappa shape index (κ2) is 8.24. The number of aromatic nitrogens is 2. The lowest BCUT2D eigenvalue weighted by molar-refractivity contribution is -0.134. The Bertz CT molecular complexity index is 795. The highest BCUT2D eigenvalue weighted by molar-refractivity contribution is 5.92. The minimum atomic E-state index is -0.304. The summed E-state index contributed by atoms with van der Waals surface area (Å²) in [6, 6.07) is 6.03. The number of carbonyl (C=O) groups excluding carboxylic acids is 2.